The Labute approximate surface area is 134 Å². The summed E-state index contributed by atoms with van der Waals surface area (Å²) in [5.41, 5.74) is -1.21. The van der Waals surface area contributed by atoms with Gasteiger partial charge in [-0.15, -0.1) is 0 Å². The van der Waals surface area contributed by atoms with Gasteiger partial charge in [-0.1, -0.05) is 13.8 Å². The Balaban J connectivity index is 1.66. The van der Waals surface area contributed by atoms with E-state index in [1.165, 1.54) is 0 Å². The molecule has 4 saturated carbocycles. The summed E-state index contributed by atoms with van der Waals surface area (Å²) in [6.45, 7) is 4.43. The monoisotopic (exact) mass is 308 g/mol. The molecule has 3 nitrogen and oxygen atoms in total. The minimum Gasteiger partial charge on any atom is -0.393 e. The van der Waals surface area contributed by atoms with Crippen LogP contribution in [0.25, 0.3) is 0 Å². The first-order valence-electron chi connectivity index (χ1n) is 9.49. The lowest BCUT2D eigenvalue weighted by atomic mass is 9.49. The van der Waals surface area contributed by atoms with Gasteiger partial charge in [-0.3, -0.25) is 0 Å². The summed E-state index contributed by atoms with van der Waals surface area (Å²) in [5, 5.41) is 33.4. The molecule has 4 aliphatic rings. The summed E-state index contributed by atoms with van der Waals surface area (Å²) >= 11 is 0. The number of aliphatic hydroxyl groups excluding tert-OH is 1. The van der Waals surface area contributed by atoms with Gasteiger partial charge in [0.05, 0.1) is 17.3 Å². The summed E-state index contributed by atoms with van der Waals surface area (Å²) in [4.78, 5) is 0. The first-order chi connectivity index (χ1) is 10.4. The number of hydrogen-bond donors (Lipinski definition) is 3. The van der Waals surface area contributed by atoms with Crippen molar-refractivity contribution in [1.29, 1.82) is 0 Å². The highest BCUT2D eigenvalue weighted by Crippen LogP contribution is 2.62. The molecular formula is C19H32O3. The normalized spacial score (nSPS) is 61.2. The van der Waals surface area contributed by atoms with Gasteiger partial charge in [-0.2, -0.15) is 0 Å². The van der Waals surface area contributed by atoms with Gasteiger partial charge in [-0.05, 0) is 81.0 Å². The molecule has 4 aliphatic carbocycles. The van der Waals surface area contributed by atoms with Crippen LogP contribution < -0.4 is 0 Å². The Hall–Kier alpha value is -0.120. The lowest BCUT2D eigenvalue weighted by Crippen LogP contribution is -2.64. The van der Waals surface area contributed by atoms with Crippen LogP contribution in [0.15, 0.2) is 0 Å². The predicted molar refractivity (Wildman–Crippen MR) is 85.1 cm³/mol. The molecule has 0 amide bonds. The average molecular weight is 308 g/mol. The summed E-state index contributed by atoms with van der Waals surface area (Å²) in [7, 11) is 0. The first-order valence-corrected chi connectivity index (χ1v) is 9.49. The second-order valence-corrected chi connectivity index (χ2v) is 9.17. The molecule has 0 spiro atoms. The van der Waals surface area contributed by atoms with E-state index in [-0.39, 0.29) is 12.0 Å². The highest BCUT2D eigenvalue weighted by atomic mass is 16.3. The lowest BCUT2D eigenvalue weighted by molar-refractivity contribution is -0.226. The summed E-state index contributed by atoms with van der Waals surface area (Å²) < 4.78 is 0. The van der Waals surface area contributed by atoms with Crippen molar-refractivity contribution in [1.82, 2.24) is 0 Å². The fourth-order valence-electron chi connectivity index (χ4n) is 6.95. The molecule has 0 aromatic heterocycles. The van der Waals surface area contributed by atoms with Crippen LogP contribution in [0.1, 0.15) is 65.2 Å². The molecular weight excluding hydrogens is 276 g/mol. The quantitative estimate of drug-likeness (QED) is 0.645. The van der Waals surface area contributed by atoms with E-state index in [1.807, 2.05) is 0 Å². The predicted octanol–water partition coefficient (Wildman–Crippen LogP) is 2.72. The van der Waals surface area contributed by atoms with Crippen molar-refractivity contribution >= 4 is 0 Å². The number of aliphatic hydroxyl groups is 3. The van der Waals surface area contributed by atoms with E-state index in [0.717, 1.165) is 51.4 Å². The molecule has 9 unspecified atom stereocenters. The van der Waals surface area contributed by atoms with E-state index in [1.54, 1.807) is 0 Å². The highest BCUT2D eigenvalue weighted by Gasteiger charge is 2.63. The van der Waals surface area contributed by atoms with Crippen molar-refractivity contribution in [3.63, 3.8) is 0 Å². The maximum absolute atomic E-state index is 11.5. The molecule has 0 aromatic carbocycles. The number of hydrogen-bond acceptors (Lipinski definition) is 3. The smallest absolute Gasteiger partial charge is 0.0731 e. The molecule has 9 atom stereocenters. The Kier molecular flexibility index (Phi) is 3.46. The van der Waals surface area contributed by atoms with E-state index < -0.39 is 11.2 Å². The molecule has 0 radical (unpaired) electrons. The highest BCUT2D eigenvalue weighted by molar-refractivity contribution is 5.13. The molecule has 4 rings (SSSR count). The van der Waals surface area contributed by atoms with Crippen molar-refractivity contribution in [3.8, 4) is 0 Å². The molecule has 0 bridgehead atoms. The maximum Gasteiger partial charge on any atom is 0.0731 e. The largest absolute Gasteiger partial charge is 0.393 e. The van der Waals surface area contributed by atoms with Crippen LogP contribution >= 0.6 is 0 Å². The van der Waals surface area contributed by atoms with E-state index in [0.29, 0.717) is 29.6 Å². The van der Waals surface area contributed by atoms with Gasteiger partial charge < -0.3 is 15.3 Å². The third-order valence-corrected chi connectivity index (χ3v) is 8.25. The van der Waals surface area contributed by atoms with Crippen LogP contribution in [0.3, 0.4) is 0 Å². The van der Waals surface area contributed by atoms with Crippen LogP contribution in [-0.2, 0) is 0 Å². The van der Waals surface area contributed by atoms with Gasteiger partial charge in [0, 0.05) is 5.92 Å². The van der Waals surface area contributed by atoms with Crippen molar-refractivity contribution in [3.05, 3.63) is 0 Å². The van der Waals surface area contributed by atoms with Gasteiger partial charge in [-0.25, -0.2) is 0 Å². The standard InChI is InChI=1S/C19H32O3/c1-11-5-7-19(22)15-6-8-18(21)12(2)3-4-14(18)13(15)10-17(20)16(19)9-11/h11-17,20-22H,3-10H2,1-2H3. The minimum atomic E-state index is -0.679. The van der Waals surface area contributed by atoms with Gasteiger partial charge in [0.2, 0.25) is 0 Å². The molecule has 3 N–H and O–H groups in total. The first kappa shape index (κ1) is 15.4. The summed E-state index contributed by atoms with van der Waals surface area (Å²) in [6, 6.07) is 0. The lowest BCUT2D eigenvalue weighted by Gasteiger charge is -2.60. The number of rotatable bonds is 0. The molecule has 0 heterocycles. The van der Waals surface area contributed by atoms with Crippen LogP contribution in [0.5, 0.6) is 0 Å². The Morgan fingerprint density at radius 1 is 0.773 bits per heavy atom. The van der Waals surface area contributed by atoms with E-state index in [2.05, 4.69) is 13.8 Å². The molecule has 22 heavy (non-hydrogen) atoms. The zero-order chi connectivity index (χ0) is 15.7. The Morgan fingerprint density at radius 3 is 2.23 bits per heavy atom. The molecule has 126 valence electrons. The third-order valence-electron chi connectivity index (χ3n) is 8.25. The van der Waals surface area contributed by atoms with E-state index in [9.17, 15) is 15.3 Å². The topological polar surface area (TPSA) is 60.7 Å². The van der Waals surface area contributed by atoms with E-state index >= 15 is 0 Å². The summed E-state index contributed by atoms with van der Waals surface area (Å²) in [6.07, 6.45) is 7.26. The zero-order valence-corrected chi connectivity index (χ0v) is 14.0. The molecule has 0 saturated heterocycles. The fraction of sp³-hybridized carbons (Fsp3) is 1.00. The SMILES string of the molecule is CC1CCC2(O)C(C1)C(O)CC1C3CCC(C)C3(O)CCC12. The maximum atomic E-state index is 11.5. The van der Waals surface area contributed by atoms with Crippen molar-refractivity contribution in [2.45, 2.75) is 82.5 Å². The molecule has 0 aromatic rings. The fourth-order valence-corrected chi connectivity index (χ4v) is 6.95. The van der Waals surface area contributed by atoms with Crippen molar-refractivity contribution < 1.29 is 15.3 Å². The Morgan fingerprint density at radius 2 is 1.45 bits per heavy atom. The molecule has 4 fully saturated rings. The Bertz CT molecular complexity index is 452. The van der Waals surface area contributed by atoms with E-state index in [4.69, 9.17) is 0 Å². The third kappa shape index (κ3) is 1.91. The van der Waals surface area contributed by atoms with Gasteiger partial charge in [0.15, 0.2) is 0 Å². The van der Waals surface area contributed by atoms with Gasteiger partial charge >= 0.3 is 0 Å². The van der Waals surface area contributed by atoms with Gasteiger partial charge in [0.1, 0.15) is 0 Å². The van der Waals surface area contributed by atoms with Crippen molar-refractivity contribution in [2.75, 3.05) is 0 Å². The van der Waals surface area contributed by atoms with Crippen LogP contribution in [0.2, 0.25) is 0 Å². The van der Waals surface area contributed by atoms with Gasteiger partial charge in [0.25, 0.3) is 0 Å². The molecule has 0 aliphatic heterocycles. The van der Waals surface area contributed by atoms with Crippen LogP contribution in [0, 0.1) is 35.5 Å². The van der Waals surface area contributed by atoms with Crippen molar-refractivity contribution in [2.24, 2.45) is 35.5 Å². The summed E-state index contributed by atoms with van der Waals surface area (Å²) in [5.74, 6) is 1.94. The second-order valence-electron chi connectivity index (χ2n) is 9.17. The van der Waals surface area contributed by atoms with Crippen LogP contribution in [-0.4, -0.2) is 32.6 Å². The number of fused-ring (bicyclic) bond motifs is 5. The molecule has 3 heteroatoms. The van der Waals surface area contributed by atoms with Crippen LogP contribution in [0.4, 0.5) is 0 Å². The average Bonchev–Trinajstić information content (AvgIpc) is 2.77. The second kappa shape index (κ2) is 4.94. The zero-order valence-electron chi connectivity index (χ0n) is 14.0. The minimum absolute atomic E-state index is 0.0579.